The zero-order chi connectivity index (χ0) is 9.45. The van der Waals surface area contributed by atoms with Crippen LogP contribution in [0.15, 0.2) is 0 Å². The maximum absolute atomic E-state index is 5.43. The number of hydrogen-bond donors (Lipinski definition) is 0. The zero-order valence-electron chi connectivity index (χ0n) is 8.72. The second-order valence-electron chi connectivity index (χ2n) is 3.81. The van der Waals surface area contributed by atoms with Crippen LogP contribution in [0.4, 0.5) is 0 Å². The van der Waals surface area contributed by atoms with Crippen LogP contribution < -0.4 is 0 Å². The van der Waals surface area contributed by atoms with Crippen molar-refractivity contribution in [2.45, 2.75) is 46.1 Å². The van der Waals surface area contributed by atoms with E-state index in [1.165, 1.54) is 6.42 Å². The number of hydrogen-bond acceptors (Lipinski definition) is 2. The summed E-state index contributed by atoms with van der Waals surface area (Å²) in [7, 11) is 0. The van der Waals surface area contributed by atoms with Gasteiger partial charge in [0, 0.05) is 6.61 Å². The molecular formula is C10H21O2. The molecular weight excluding hydrogens is 152 g/mol. The predicted molar refractivity (Wildman–Crippen MR) is 50.9 cm³/mol. The first-order chi connectivity index (χ1) is 5.56. The maximum Gasteiger partial charge on any atom is 0.109 e. The summed E-state index contributed by atoms with van der Waals surface area (Å²) in [6.45, 7) is 11.4. The zero-order valence-corrected chi connectivity index (χ0v) is 8.72. The van der Waals surface area contributed by atoms with Gasteiger partial charge in [-0.15, -0.1) is 0 Å². The molecule has 1 radical (unpaired) electrons. The van der Waals surface area contributed by atoms with E-state index in [0.29, 0.717) is 6.61 Å². The second-order valence-corrected chi connectivity index (χ2v) is 3.81. The molecule has 0 aliphatic rings. The van der Waals surface area contributed by atoms with Crippen molar-refractivity contribution in [3.05, 3.63) is 6.61 Å². The third kappa shape index (κ3) is 9.92. The molecule has 0 N–H and O–H groups in total. The van der Waals surface area contributed by atoms with Crippen molar-refractivity contribution < 1.29 is 9.47 Å². The lowest BCUT2D eigenvalue weighted by molar-refractivity contribution is -0.0134. The molecule has 0 saturated carbocycles. The molecule has 2 nitrogen and oxygen atoms in total. The van der Waals surface area contributed by atoms with Gasteiger partial charge in [-0.2, -0.15) is 0 Å². The van der Waals surface area contributed by atoms with Gasteiger partial charge in [-0.3, -0.25) is 0 Å². The Kier molecular flexibility index (Phi) is 6.39. The van der Waals surface area contributed by atoms with Crippen molar-refractivity contribution in [1.29, 1.82) is 0 Å². The minimum atomic E-state index is -0.0649. The van der Waals surface area contributed by atoms with Crippen LogP contribution in [0, 0.1) is 6.61 Å². The van der Waals surface area contributed by atoms with Crippen LogP contribution in [0.1, 0.15) is 40.5 Å². The molecule has 0 bridgehead atoms. The fourth-order valence-electron chi connectivity index (χ4n) is 0.643. The minimum Gasteiger partial charge on any atom is -0.373 e. The van der Waals surface area contributed by atoms with Crippen molar-refractivity contribution in [1.82, 2.24) is 0 Å². The van der Waals surface area contributed by atoms with Crippen molar-refractivity contribution in [2.24, 2.45) is 0 Å². The average Bonchev–Trinajstić information content (AvgIpc) is 1.94. The van der Waals surface area contributed by atoms with E-state index in [2.05, 4.69) is 6.92 Å². The van der Waals surface area contributed by atoms with Crippen LogP contribution >= 0.6 is 0 Å². The van der Waals surface area contributed by atoms with E-state index in [-0.39, 0.29) is 5.60 Å². The van der Waals surface area contributed by atoms with Crippen LogP contribution in [-0.4, -0.2) is 18.8 Å². The summed E-state index contributed by atoms with van der Waals surface area (Å²) in [5.74, 6) is 0. The van der Waals surface area contributed by atoms with Gasteiger partial charge in [-0.05, 0) is 27.2 Å². The van der Waals surface area contributed by atoms with Crippen LogP contribution in [0.2, 0.25) is 0 Å². The molecule has 0 unspecified atom stereocenters. The Morgan fingerprint density at radius 3 is 2.42 bits per heavy atom. The van der Waals surface area contributed by atoms with Gasteiger partial charge in [-0.25, -0.2) is 0 Å². The summed E-state index contributed by atoms with van der Waals surface area (Å²) in [6.07, 6.45) is 2.29. The molecule has 0 heterocycles. The Bertz CT molecular complexity index is 94.5. The molecule has 73 valence electrons. The maximum atomic E-state index is 5.43. The van der Waals surface area contributed by atoms with Gasteiger partial charge in [0.05, 0.1) is 12.2 Å². The van der Waals surface area contributed by atoms with Gasteiger partial charge in [0.2, 0.25) is 0 Å². The van der Waals surface area contributed by atoms with Crippen molar-refractivity contribution in [2.75, 3.05) is 13.2 Å². The molecule has 12 heavy (non-hydrogen) atoms. The highest BCUT2D eigenvalue weighted by atomic mass is 16.5. The molecule has 0 aromatic rings. The lowest BCUT2D eigenvalue weighted by Crippen LogP contribution is -2.20. The molecule has 0 atom stereocenters. The van der Waals surface area contributed by atoms with Crippen molar-refractivity contribution >= 4 is 0 Å². The Labute approximate surface area is 76.3 Å². The summed E-state index contributed by atoms with van der Waals surface area (Å²) >= 11 is 0. The van der Waals surface area contributed by atoms with E-state index in [4.69, 9.17) is 9.47 Å². The highest BCUT2D eigenvalue weighted by molar-refractivity contribution is 4.60. The van der Waals surface area contributed by atoms with E-state index >= 15 is 0 Å². The molecule has 0 aliphatic carbocycles. The monoisotopic (exact) mass is 173 g/mol. The first-order valence-corrected chi connectivity index (χ1v) is 4.63. The normalized spacial score (nSPS) is 12.0. The highest BCUT2D eigenvalue weighted by Crippen LogP contribution is 2.06. The first-order valence-electron chi connectivity index (χ1n) is 4.63. The number of unbranched alkanes of at least 4 members (excludes halogenated alkanes) is 1. The molecule has 0 fully saturated rings. The Balaban J connectivity index is 3.01. The number of ether oxygens (including phenoxy) is 2. The van der Waals surface area contributed by atoms with Crippen LogP contribution in [0.3, 0.4) is 0 Å². The van der Waals surface area contributed by atoms with E-state index < -0.39 is 0 Å². The lowest BCUT2D eigenvalue weighted by atomic mass is 10.2. The fourth-order valence-corrected chi connectivity index (χ4v) is 0.643. The van der Waals surface area contributed by atoms with Gasteiger partial charge in [-0.1, -0.05) is 13.3 Å². The summed E-state index contributed by atoms with van der Waals surface area (Å²) in [5.41, 5.74) is -0.0649. The topological polar surface area (TPSA) is 18.5 Å². The molecule has 0 saturated heterocycles. The largest absolute Gasteiger partial charge is 0.373 e. The lowest BCUT2D eigenvalue weighted by Gasteiger charge is -2.18. The standard InChI is InChI=1S/C10H21O2/c1-5-6-7-11-8-9-12-10(2,3)4/h8H,5-7,9H2,1-4H3. The predicted octanol–water partition coefficient (Wildman–Crippen LogP) is 2.78. The molecule has 0 aromatic carbocycles. The van der Waals surface area contributed by atoms with Gasteiger partial charge in [0.15, 0.2) is 0 Å². The van der Waals surface area contributed by atoms with Crippen molar-refractivity contribution in [3.8, 4) is 0 Å². The molecule has 2 heteroatoms. The summed E-state index contributed by atoms with van der Waals surface area (Å²) in [4.78, 5) is 0. The minimum absolute atomic E-state index is 0.0649. The van der Waals surface area contributed by atoms with E-state index in [0.717, 1.165) is 13.0 Å². The molecule has 0 amide bonds. The van der Waals surface area contributed by atoms with Crippen LogP contribution in [0.25, 0.3) is 0 Å². The molecule has 0 spiro atoms. The van der Waals surface area contributed by atoms with E-state index in [9.17, 15) is 0 Å². The van der Waals surface area contributed by atoms with Gasteiger partial charge in [0.1, 0.15) is 6.61 Å². The van der Waals surface area contributed by atoms with Gasteiger partial charge in [0.25, 0.3) is 0 Å². The highest BCUT2D eigenvalue weighted by Gasteiger charge is 2.08. The van der Waals surface area contributed by atoms with E-state index in [1.807, 2.05) is 20.8 Å². The van der Waals surface area contributed by atoms with Crippen LogP contribution in [-0.2, 0) is 9.47 Å². The van der Waals surface area contributed by atoms with Crippen LogP contribution in [0.5, 0.6) is 0 Å². The van der Waals surface area contributed by atoms with Crippen molar-refractivity contribution in [3.63, 3.8) is 0 Å². The number of rotatable bonds is 6. The Morgan fingerprint density at radius 2 is 1.92 bits per heavy atom. The summed E-state index contributed by atoms with van der Waals surface area (Å²) in [5, 5.41) is 0. The Hall–Kier alpha value is -0.0800. The summed E-state index contributed by atoms with van der Waals surface area (Å²) in [6, 6.07) is 0. The molecule has 0 aliphatic heterocycles. The van der Waals surface area contributed by atoms with Gasteiger partial charge < -0.3 is 9.47 Å². The third-order valence-electron chi connectivity index (χ3n) is 1.32. The Morgan fingerprint density at radius 1 is 1.25 bits per heavy atom. The first kappa shape index (κ1) is 11.9. The quantitative estimate of drug-likeness (QED) is 0.575. The van der Waals surface area contributed by atoms with Gasteiger partial charge >= 0.3 is 0 Å². The smallest absolute Gasteiger partial charge is 0.109 e. The third-order valence-corrected chi connectivity index (χ3v) is 1.32. The second kappa shape index (κ2) is 6.44. The fraction of sp³-hybridized carbons (Fsp3) is 0.900. The van der Waals surface area contributed by atoms with E-state index in [1.54, 1.807) is 6.61 Å². The SMILES string of the molecule is CCCCO[CH]COC(C)(C)C. The molecule has 0 aromatic heterocycles. The average molecular weight is 173 g/mol. The summed E-state index contributed by atoms with van der Waals surface area (Å²) < 4.78 is 10.6. The molecule has 0 rings (SSSR count).